The fourth-order valence-corrected chi connectivity index (χ4v) is 1.99. The van der Waals surface area contributed by atoms with E-state index in [4.69, 9.17) is 11.6 Å². The highest BCUT2D eigenvalue weighted by Crippen LogP contribution is 2.22. The molecule has 14 heavy (non-hydrogen) atoms. The van der Waals surface area contributed by atoms with E-state index in [0.29, 0.717) is 0 Å². The zero-order valence-electron chi connectivity index (χ0n) is 8.28. The van der Waals surface area contributed by atoms with Crippen molar-refractivity contribution < 1.29 is 17.9 Å². The Balaban J connectivity index is 5.05. The van der Waals surface area contributed by atoms with Gasteiger partial charge in [0.2, 0.25) is 5.44 Å². The lowest BCUT2D eigenvalue weighted by Crippen LogP contribution is -2.38. The average Bonchev–Trinajstić information content (AvgIpc) is 1.97. The van der Waals surface area contributed by atoms with Gasteiger partial charge in [0.25, 0.3) is 0 Å². The molecule has 0 spiro atoms. The molecule has 6 heteroatoms. The Morgan fingerprint density at radius 1 is 1.50 bits per heavy atom. The van der Waals surface area contributed by atoms with Gasteiger partial charge >= 0.3 is 5.43 Å². The molecule has 0 aliphatic rings. The van der Waals surface area contributed by atoms with E-state index >= 15 is 0 Å². The second-order valence-electron chi connectivity index (χ2n) is 3.62. The third-order valence-corrected chi connectivity index (χ3v) is 4.26. The molecule has 1 atom stereocenters. The summed E-state index contributed by atoms with van der Waals surface area (Å²) in [6.45, 7) is 7.78. The SMILES string of the molecule is C=CC(OC(=O)Cl)S(=O)(=O)C(C)(C)C. The molecule has 0 saturated carbocycles. The number of rotatable bonds is 3. The molecule has 0 aromatic heterocycles. The Morgan fingerprint density at radius 3 is 2.14 bits per heavy atom. The Morgan fingerprint density at radius 2 is 1.93 bits per heavy atom. The smallest absolute Gasteiger partial charge is 0.405 e. The fourth-order valence-electron chi connectivity index (χ4n) is 0.678. The second kappa shape index (κ2) is 4.31. The maximum Gasteiger partial charge on any atom is 0.405 e. The first-order valence-electron chi connectivity index (χ1n) is 3.85. The minimum absolute atomic E-state index is 1.03. The summed E-state index contributed by atoms with van der Waals surface area (Å²) in [6, 6.07) is 0. The summed E-state index contributed by atoms with van der Waals surface area (Å²) in [5.41, 5.74) is -2.56. The van der Waals surface area contributed by atoms with Crippen molar-refractivity contribution in [3.8, 4) is 0 Å². The van der Waals surface area contributed by atoms with Crippen molar-refractivity contribution in [1.29, 1.82) is 0 Å². The largest absolute Gasteiger partial charge is 0.430 e. The van der Waals surface area contributed by atoms with Gasteiger partial charge in [-0.1, -0.05) is 6.58 Å². The Labute approximate surface area is 88.8 Å². The summed E-state index contributed by atoms with van der Waals surface area (Å²) >= 11 is 4.93. The van der Waals surface area contributed by atoms with Crippen LogP contribution in [0.2, 0.25) is 0 Å². The van der Waals surface area contributed by atoms with Crippen LogP contribution in [0, 0.1) is 0 Å². The average molecular weight is 241 g/mol. The molecule has 0 heterocycles. The maximum absolute atomic E-state index is 11.7. The van der Waals surface area contributed by atoms with Crippen LogP contribution >= 0.6 is 11.6 Å². The van der Waals surface area contributed by atoms with Crippen LogP contribution in [-0.4, -0.2) is 24.0 Å². The Hall–Kier alpha value is -0.550. The third kappa shape index (κ3) is 2.99. The van der Waals surface area contributed by atoms with Crippen molar-refractivity contribution in [2.24, 2.45) is 0 Å². The first-order chi connectivity index (χ1) is 6.13. The van der Waals surface area contributed by atoms with E-state index in [1.165, 1.54) is 20.8 Å². The van der Waals surface area contributed by atoms with Crippen LogP contribution in [0.25, 0.3) is 0 Å². The molecule has 0 saturated heterocycles. The number of halogens is 1. The van der Waals surface area contributed by atoms with E-state index < -0.39 is 25.4 Å². The highest BCUT2D eigenvalue weighted by molar-refractivity contribution is 7.93. The van der Waals surface area contributed by atoms with Gasteiger partial charge in [0.1, 0.15) is 0 Å². The number of hydrogen-bond donors (Lipinski definition) is 0. The molecule has 0 bridgehead atoms. The zero-order chi connectivity index (χ0) is 11.6. The van der Waals surface area contributed by atoms with E-state index in [-0.39, 0.29) is 0 Å². The number of carbonyl (C=O) groups is 1. The molecule has 0 aromatic rings. The van der Waals surface area contributed by atoms with Crippen LogP contribution in [0.15, 0.2) is 12.7 Å². The van der Waals surface area contributed by atoms with Crippen LogP contribution in [0.3, 0.4) is 0 Å². The Kier molecular flexibility index (Phi) is 4.15. The molecule has 1 unspecified atom stereocenters. The highest BCUT2D eigenvalue weighted by Gasteiger charge is 2.37. The molecule has 0 rings (SSSR count). The van der Waals surface area contributed by atoms with Gasteiger partial charge in [-0.25, -0.2) is 13.2 Å². The van der Waals surface area contributed by atoms with Crippen molar-refractivity contribution in [3.05, 3.63) is 12.7 Å². The van der Waals surface area contributed by atoms with Gasteiger partial charge in [-0.05, 0) is 26.8 Å². The van der Waals surface area contributed by atoms with Crippen LogP contribution in [0.4, 0.5) is 4.79 Å². The highest BCUT2D eigenvalue weighted by atomic mass is 35.5. The van der Waals surface area contributed by atoms with E-state index in [0.717, 1.165) is 6.08 Å². The maximum atomic E-state index is 11.7. The van der Waals surface area contributed by atoms with Crippen molar-refractivity contribution >= 4 is 26.9 Å². The second-order valence-corrected chi connectivity index (χ2v) is 6.70. The number of hydrogen-bond acceptors (Lipinski definition) is 4. The topological polar surface area (TPSA) is 60.4 Å². The lowest BCUT2D eigenvalue weighted by atomic mass is 10.3. The lowest BCUT2D eigenvalue weighted by Gasteiger charge is -2.23. The predicted octanol–water partition coefficient (Wildman–Crippen LogP) is 2.09. The molecule has 0 radical (unpaired) electrons. The molecule has 0 aliphatic heterocycles. The van der Waals surface area contributed by atoms with Crippen LogP contribution in [0.5, 0.6) is 0 Å². The molecule has 0 amide bonds. The van der Waals surface area contributed by atoms with Gasteiger partial charge in [-0.2, -0.15) is 0 Å². The van der Waals surface area contributed by atoms with Gasteiger partial charge in [0.05, 0.1) is 4.75 Å². The molecule has 0 aliphatic carbocycles. The monoisotopic (exact) mass is 240 g/mol. The van der Waals surface area contributed by atoms with Crippen molar-refractivity contribution in [2.45, 2.75) is 31.0 Å². The van der Waals surface area contributed by atoms with E-state index in [1.54, 1.807) is 0 Å². The Bertz CT molecular complexity index is 326. The zero-order valence-corrected chi connectivity index (χ0v) is 9.85. The van der Waals surface area contributed by atoms with E-state index in [2.05, 4.69) is 11.3 Å². The molecule has 0 N–H and O–H groups in total. The molecular weight excluding hydrogens is 228 g/mol. The van der Waals surface area contributed by atoms with Gasteiger partial charge < -0.3 is 4.74 Å². The minimum Gasteiger partial charge on any atom is -0.430 e. The molecule has 82 valence electrons. The van der Waals surface area contributed by atoms with Crippen molar-refractivity contribution in [1.82, 2.24) is 0 Å². The predicted molar refractivity (Wildman–Crippen MR) is 55.0 cm³/mol. The van der Waals surface area contributed by atoms with Crippen LogP contribution in [-0.2, 0) is 14.6 Å². The summed E-state index contributed by atoms with van der Waals surface area (Å²) in [4.78, 5) is 10.4. The number of ether oxygens (including phenoxy) is 1. The molecular formula is C8H13ClO4S. The first kappa shape index (κ1) is 13.4. The number of sulfone groups is 1. The fraction of sp³-hybridized carbons (Fsp3) is 0.625. The first-order valence-corrected chi connectivity index (χ1v) is 5.77. The van der Waals surface area contributed by atoms with Gasteiger partial charge in [-0.15, -0.1) is 0 Å². The summed E-state index contributed by atoms with van der Waals surface area (Å²) in [5, 5.41) is 0. The lowest BCUT2D eigenvalue weighted by molar-refractivity contribution is 0.172. The summed E-state index contributed by atoms with van der Waals surface area (Å²) < 4.78 is 26.8. The number of carbonyl (C=O) groups excluding carboxylic acids is 1. The molecule has 4 nitrogen and oxygen atoms in total. The van der Waals surface area contributed by atoms with Gasteiger partial charge in [0.15, 0.2) is 9.84 Å². The van der Waals surface area contributed by atoms with Crippen LogP contribution in [0.1, 0.15) is 20.8 Å². The normalized spacial score (nSPS) is 14.6. The van der Waals surface area contributed by atoms with Crippen molar-refractivity contribution in [2.75, 3.05) is 0 Å². The third-order valence-electron chi connectivity index (χ3n) is 1.56. The summed E-state index contributed by atoms with van der Waals surface area (Å²) in [6.07, 6.45) is 1.03. The molecule has 0 fully saturated rings. The standard InChI is InChI=1S/C8H13ClO4S/c1-5-6(13-7(9)10)14(11,12)8(2,3)4/h5-6H,1H2,2-4H3. The molecule has 0 aromatic carbocycles. The quantitative estimate of drug-likeness (QED) is 0.560. The summed E-state index contributed by atoms with van der Waals surface area (Å²) in [5.74, 6) is 0. The van der Waals surface area contributed by atoms with E-state index in [1.807, 2.05) is 0 Å². The van der Waals surface area contributed by atoms with E-state index in [9.17, 15) is 13.2 Å². The van der Waals surface area contributed by atoms with Crippen LogP contribution < -0.4 is 0 Å². The summed E-state index contributed by atoms with van der Waals surface area (Å²) in [7, 11) is -3.63. The minimum atomic E-state index is -3.63. The van der Waals surface area contributed by atoms with Crippen molar-refractivity contribution in [3.63, 3.8) is 0 Å². The van der Waals surface area contributed by atoms with Gasteiger partial charge in [0, 0.05) is 11.6 Å². The van der Waals surface area contributed by atoms with Gasteiger partial charge in [-0.3, -0.25) is 0 Å².